The zero-order valence-corrected chi connectivity index (χ0v) is 10.1. The fraction of sp³-hybridized carbons (Fsp3) is 0.385. The second kappa shape index (κ2) is 5.25. The monoisotopic (exact) mass is 254 g/mol. The van der Waals surface area contributed by atoms with E-state index in [1.165, 1.54) is 12.1 Å². The van der Waals surface area contributed by atoms with Crippen LogP contribution in [0.4, 0.5) is 8.78 Å². The Morgan fingerprint density at radius 3 is 2.89 bits per heavy atom. The molecule has 3 nitrogen and oxygen atoms in total. The maximum absolute atomic E-state index is 13.4. The van der Waals surface area contributed by atoms with Gasteiger partial charge in [-0.1, -0.05) is 0 Å². The second-order valence-corrected chi connectivity index (χ2v) is 4.50. The number of ether oxygens (including phenoxy) is 1. The van der Waals surface area contributed by atoms with Gasteiger partial charge >= 0.3 is 0 Å². The molecule has 1 aliphatic heterocycles. The third-order valence-corrected chi connectivity index (χ3v) is 2.84. The second-order valence-electron chi connectivity index (χ2n) is 4.50. The molecule has 3 N–H and O–H groups in total. The number of nitrogens with two attached hydrogens (primary N) is 1. The standard InChI is InChI=1S/C13H16F2N2O/c1-8(4-9-5-13(16)17-7-9)18-12-3-2-10(14)6-11(12)15/h2-3,5-6,8-9,17H,4,7,16H2,1H3/t8-,9-/m0/s1. The lowest BCUT2D eigenvalue weighted by Gasteiger charge is -2.17. The predicted molar refractivity (Wildman–Crippen MR) is 64.8 cm³/mol. The highest BCUT2D eigenvalue weighted by Gasteiger charge is 2.18. The molecule has 1 aromatic carbocycles. The summed E-state index contributed by atoms with van der Waals surface area (Å²) in [5, 5.41) is 3.02. The SMILES string of the molecule is C[C@@H](C[C@H]1C=C(N)NC1)Oc1ccc(F)cc1F. The summed E-state index contributed by atoms with van der Waals surface area (Å²) in [5.74, 6) is -0.264. The largest absolute Gasteiger partial charge is 0.488 e. The van der Waals surface area contributed by atoms with Crippen LogP contribution in [0.1, 0.15) is 13.3 Å². The van der Waals surface area contributed by atoms with Gasteiger partial charge in [0, 0.05) is 18.5 Å². The van der Waals surface area contributed by atoms with Gasteiger partial charge in [0.05, 0.1) is 11.9 Å². The fourth-order valence-corrected chi connectivity index (χ4v) is 2.03. The zero-order chi connectivity index (χ0) is 13.1. The zero-order valence-electron chi connectivity index (χ0n) is 10.1. The van der Waals surface area contributed by atoms with Crippen molar-refractivity contribution in [1.82, 2.24) is 5.32 Å². The van der Waals surface area contributed by atoms with Crippen molar-refractivity contribution >= 4 is 0 Å². The predicted octanol–water partition coefficient (Wildman–Crippen LogP) is 2.14. The van der Waals surface area contributed by atoms with E-state index in [-0.39, 0.29) is 17.8 Å². The van der Waals surface area contributed by atoms with Crippen LogP contribution in [0, 0.1) is 17.6 Å². The first kappa shape index (κ1) is 12.7. The first-order chi connectivity index (χ1) is 8.54. The summed E-state index contributed by atoms with van der Waals surface area (Å²) in [7, 11) is 0. The van der Waals surface area contributed by atoms with Gasteiger partial charge in [-0.25, -0.2) is 8.78 Å². The van der Waals surface area contributed by atoms with Gasteiger partial charge in [-0.2, -0.15) is 0 Å². The molecule has 0 aromatic heterocycles. The summed E-state index contributed by atoms with van der Waals surface area (Å²) < 4.78 is 31.6. The van der Waals surface area contributed by atoms with Gasteiger partial charge in [0.25, 0.3) is 0 Å². The van der Waals surface area contributed by atoms with Crippen LogP contribution in [-0.4, -0.2) is 12.6 Å². The third-order valence-electron chi connectivity index (χ3n) is 2.84. The summed E-state index contributed by atoms with van der Waals surface area (Å²) in [6, 6.07) is 3.30. The van der Waals surface area contributed by atoms with Crippen molar-refractivity contribution in [2.75, 3.05) is 6.54 Å². The topological polar surface area (TPSA) is 47.3 Å². The number of hydrogen-bond donors (Lipinski definition) is 2. The maximum atomic E-state index is 13.4. The molecule has 1 aliphatic rings. The molecule has 0 unspecified atom stereocenters. The third kappa shape index (κ3) is 3.12. The molecule has 0 saturated carbocycles. The van der Waals surface area contributed by atoms with E-state index in [2.05, 4.69) is 5.32 Å². The molecule has 5 heteroatoms. The molecule has 0 aliphatic carbocycles. The minimum atomic E-state index is -0.679. The molecule has 0 radical (unpaired) electrons. The molecule has 0 spiro atoms. The van der Waals surface area contributed by atoms with Crippen molar-refractivity contribution in [2.45, 2.75) is 19.4 Å². The van der Waals surface area contributed by atoms with Crippen molar-refractivity contribution in [3.05, 3.63) is 41.7 Å². The van der Waals surface area contributed by atoms with Crippen molar-refractivity contribution in [2.24, 2.45) is 11.7 Å². The van der Waals surface area contributed by atoms with Crippen molar-refractivity contribution < 1.29 is 13.5 Å². The highest BCUT2D eigenvalue weighted by atomic mass is 19.1. The minimum absolute atomic E-state index is 0.0757. The Kier molecular flexibility index (Phi) is 3.69. The average Bonchev–Trinajstić information content (AvgIpc) is 2.68. The van der Waals surface area contributed by atoms with E-state index >= 15 is 0 Å². The highest BCUT2D eigenvalue weighted by Crippen LogP contribution is 2.22. The van der Waals surface area contributed by atoms with Crippen LogP contribution in [0.3, 0.4) is 0 Å². The molecule has 1 aromatic rings. The molecule has 0 bridgehead atoms. The van der Waals surface area contributed by atoms with Gasteiger partial charge in [-0.3, -0.25) is 0 Å². The molecular weight excluding hydrogens is 238 g/mol. The summed E-state index contributed by atoms with van der Waals surface area (Å²) in [6.07, 6.45) is 2.49. The van der Waals surface area contributed by atoms with Crippen molar-refractivity contribution in [3.63, 3.8) is 0 Å². The Morgan fingerprint density at radius 1 is 1.50 bits per heavy atom. The van der Waals surface area contributed by atoms with Crippen LogP contribution in [0.15, 0.2) is 30.1 Å². The molecule has 98 valence electrons. The van der Waals surface area contributed by atoms with E-state index in [0.29, 0.717) is 5.82 Å². The number of benzene rings is 1. The quantitative estimate of drug-likeness (QED) is 0.865. The number of halogens is 2. The van der Waals surface area contributed by atoms with Gasteiger partial charge in [0.1, 0.15) is 5.82 Å². The Hall–Kier alpha value is -1.78. The molecule has 1 heterocycles. The lowest BCUT2D eigenvalue weighted by atomic mass is 10.0. The normalized spacial score (nSPS) is 20.2. The molecule has 0 amide bonds. The lowest BCUT2D eigenvalue weighted by Crippen LogP contribution is -2.21. The van der Waals surface area contributed by atoms with E-state index in [4.69, 9.17) is 10.5 Å². The van der Waals surface area contributed by atoms with Crippen LogP contribution < -0.4 is 15.8 Å². The van der Waals surface area contributed by atoms with Gasteiger partial charge in [0.15, 0.2) is 11.6 Å². The maximum Gasteiger partial charge on any atom is 0.167 e. The Balaban J connectivity index is 1.92. The molecular formula is C13H16F2N2O. The summed E-state index contributed by atoms with van der Waals surface area (Å²) in [4.78, 5) is 0. The molecule has 18 heavy (non-hydrogen) atoms. The fourth-order valence-electron chi connectivity index (χ4n) is 2.03. The van der Waals surface area contributed by atoms with Gasteiger partial charge in [0.2, 0.25) is 0 Å². The first-order valence-corrected chi connectivity index (χ1v) is 5.87. The lowest BCUT2D eigenvalue weighted by molar-refractivity contribution is 0.188. The van der Waals surface area contributed by atoms with Gasteiger partial charge < -0.3 is 15.8 Å². The van der Waals surface area contributed by atoms with E-state index < -0.39 is 11.6 Å². The summed E-state index contributed by atoms with van der Waals surface area (Å²) >= 11 is 0. The highest BCUT2D eigenvalue weighted by molar-refractivity contribution is 5.24. The number of rotatable bonds is 4. The van der Waals surface area contributed by atoms with Crippen molar-refractivity contribution in [1.29, 1.82) is 0 Å². The summed E-state index contributed by atoms with van der Waals surface area (Å²) in [6.45, 7) is 2.62. The van der Waals surface area contributed by atoms with Gasteiger partial charge in [-0.15, -0.1) is 0 Å². The van der Waals surface area contributed by atoms with Gasteiger partial charge in [-0.05, 0) is 31.6 Å². The Bertz CT molecular complexity index is 462. The molecule has 0 fully saturated rings. The van der Waals surface area contributed by atoms with E-state index in [1.54, 1.807) is 0 Å². The van der Waals surface area contributed by atoms with E-state index in [1.807, 2.05) is 13.0 Å². The van der Waals surface area contributed by atoms with E-state index in [9.17, 15) is 8.78 Å². The minimum Gasteiger partial charge on any atom is -0.488 e. The van der Waals surface area contributed by atoms with Crippen LogP contribution >= 0.6 is 0 Å². The van der Waals surface area contributed by atoms with Crippen LogP contribution in [0.25, 0.3) is 0 Å². The first-order valence-electron chi connectivity index (χ1n) is 5.87. The van der Waals surface area contributed by atoms with Crippen LogP contribution in [-0.2, 0) is 0 Å². The Morgan fingerprint density at radius 2 is 2.28 bits per heavy atom. The average molecular weight is 254 g/mol. The molecule has 2 rings (SSSR count). The molecule has 0 saturated heterocycles. The summed E-state index contributed by atoms with van der Waals surface area (Å²) in [5.41, 5.74) is 5.60. The molecule has 2 atom stereocenters. The Labute approximate surface area is 105 Å². The van der Waals surface area contributed by atoms with E-state index in [0.717, 1.165) is 19.0 Å². The number of nitrogens with one attached hydrogen (secondary N) is 1. The van der Waals surface area contributed by atoms with Crippen molar-refractivity contribution in [3.8, 4) is 5.75 Å². The van der Waals surface area contributed by atoms with Crippen LogP contribution in [0.5, 0.6) is 5.75 Å². The van der Waals surface area contributed by atoms with Crippen LogP contribution in [0.2, 0.25) is 0 Å². The smallest absolute Gasteiger partial charge is 0.167 e. The number of hydrogen-bond acceptors (Lipinski definition) is 3.